The number of amides is 2. The molecule has 2 amide bonds. The summed E-state index contributed by atoms with van der Waals surface area (Å²) >= 11 is 6.96. The first-order valence-electron chi connectivity index (χ1n) is 11.1. The SMILES string of the molecule is CN1C(=O)[C@@]2(c3cc(F)ccc31)N(C)C[C@H](c1cccnc1)[C@@]21SC(=S)N(Cc2ccco2)C1=O. The van der Waals surface area contributed by atoms with Crippen molar-refractivity contribution >= 4 is 45.8 Å². The summed E-state index contributed by atoms with van der Waals surface area (Å²) in [6.45, 7) is 0.538. The molecule has 0 N–H and O–H groups in total. The fourth-order valence-electron chi connectivity index (χ4n) is 5.95. The highest BCUT2D eigenvalue weighted by Gasteiger charge is 2.78. The highest BCUT2D eigenvalue weighted by Crippen LogP contribution is 2.66. The number of carbonyl (C=O) groups excluding carboxylic acids is 2. The summed E-state index contributed by atoms with van der Waals surface area (Å²) in [4.78, 5) is 38.0. The quantitative estimate of drug-likeness (QED) is 0.502. The van der Waals surface area contributed by atoms with Crippen LogP contribution in [-0.4, -0.2) is 56.3 Å². The number of fused-ring (bicyclic) bond motifs is 3. The van der Waals surface area contributed by atoms with Gasteiger partial charge >= 0.3 is 0 Å². The summed E-state index contributed by atoms with van der Waals surface area (Å²) in [7, 11) is 3.48. The van der Waals surface area contributed by atoms with Crippen molar-refractivity contribution in [2.24, 2.45) is 0 Å². The number of likely N-dealkylation sites (N-methyl/N-ethyl adjacent to an activating group) is 2. The van der Waals surface area contributed by atoms with E-state index in [0.29, 0.717) is 27.9 Å². The molecule has 0 radical (unpaired) electrons. The molecule has 10 heteroatoms. The van der Waals surface area contributed by atoms with Gasteiger partial charge in [0.2, 0.25) is 5.91 Å². The molecule has 2 aromatic heterocycles. The largest absolute Gasteiger partial charge is 0.467 e. The van der Waals surface area contributed by atoms with Crippen molar-refractivity contribution in [2.45, 2.75) is 22.7 Å². The van der Waals surface area contributed by atoms with Gasteiger partial charge in [0.05, 0.1) is 12.8 Å². The number of aromatic nitrogens is 1. The monoisotopic (exact) mass is 508 g/mol. The van der Waals surface area contributed by atoms with Crippen LogP contribution in [0.4, 0.5) is 10.1 Å². The van der Waals surface area contributed by atoms with E-state index in [9.17, 15) is 14.0 Å². The van der Waals surface area contributed by atoms with Crippen LogP contribution in [0.5, 0.6) is 0 Å². The number of pyridine rings is 1. The molecule has 0 aliphatic carbocycles. The van der Waals surface area contributed by atoms with Crippen LogP contribution in [0.15, 0.2) is 65.5 Å². The molecule has 0 saturated carbocycles. The molecule has 2 fully saturated rings. The van der Waals surface area contributed by atoms with Crippen molar-refractivity contribution in [1.29, 1.82) is 0 Å². The highest BCUT2D eigenvalue weighted by atomic mass is 32.2. The van der Waals surface area contributed by atoms with Crippen LogP contribution >= 0.6 is 24.0 Å². The third-order valence-electron chi connectivity index (χ3n) is 7.39. The molecular formula is C25H21FN4O3S2. The number of likely N-dealkylation sites (tertiary alicyclic amines) is 1. The Morgan fingerprint density at radius 2 is 2.03 bits per heavy atom. The summed E-state index contributed by atoms with van der Waals surface area (Å²) in [6, 6.07) is 11.6. The molecule has 0 unspecified atom stereocenters. The number of hydrogen-bond donors (Lipinski definition) is 0. The number of anilines is 1. The molecule has 35 heavy (non-hydrogen) atoms. The van der Waals surface area contributed by atoms with Gasteiger partial charge in [-0.15, -0.1) is 0 Å². The fraction of sp³-hybridized carbons (Fsp3) is 0.280. The van der Waals surface area contributed by atoms with Crippen molar-refractivity contribution in [1.82, 2.24) is 14.8 Å². The highest BCUT2D eigenvalue weighted by molar-refractivity contribution is 8.25. The first kappa shape index (κ1) is 22.4. The van der Waals surface area contributed by atoms with Gasteiger partial charge in [0, 0.05) is 43.2 Å². The number of nitrogens with zero attached hydrogens (tertiary/aromatic N) is 4. The molecule has 7 nitrogen and oxygen atoms in total. The summed E-state index contributed by atoms with van der Waals surface area (Å²) in [6.07, 6.45) is 4.93. The minimum Gasteiger partial charge on any atom is -0.467 e. The average Bonchev–Trinajstić information content (AvgIpc) is 3.57. The zero-order valence-electron chi connectivity index (χ0n) is 19.0. The molecule has 5 heterocycles. The van der Waals surface area contributed by atoms with Gasteiger partial charge in [-0.25, -0.2) is 4.39 Å². The normalized spacial score (nSPS) is 28.2. The number of hydrogen-bond acceptors (Lipinski definition) is 7. The average molecular weight is 509 g/mol. The fourth-order valence-corrected chi connectivity index (χ4v) is 8.07. The second-order valence-corrected chi connectivity index (χ2v) is 10.9. The molecule has 2 saturated heterocycles. The lowest BCUT2D eigenvalue weighted by Crippen LogP contribution is -2.62. The van der Waals surface area contributed by atoms with Crippen molar-refractivity contribution in [3.05, 3.63) is 83.8 Å². The molecule has 3 atom stereocenters. The number of thioether (sulfide) groups is 1. The predicted molar refractivity (Wildman–Crippen MR) is 133 cm³/mol. The Balaban J connectivity index is 1.62. The van der Waals surface area contributed by atoms with Crippen LogP contribution in [0.3, 0.4) is 0 Å². The molecule has 0 bridgehead atoms. The summed E-state index contributed by atoms with van der Waals surface area (Å²) in [5, 5.41) is 0. The maximum absolute atomic E-state index is 14.7. The first-order valence-corrected chi connectivity index (χ1v) is 12.3. The van der Waals surface area contributed by atoms with Gasteiger partial charge in [0.1, 0.15) is 20.6 Å². The second kappa shape index (κ2) is 7.71. The van der Waals surface area contributed by atoms with Crippen molar-refractivity contribution < 1.29 is 18.4 Å². The van der Waals surface area contributed by atoms with E-state index in [4.69, 9.17) is 16.6 Å². The van der Waals surface area contributed by atoms with Crippen molar-refractivity contribution in [3.63, 3.8) is 0 Å². The number of benzene rings is 1. The smallest absolute Gasteiger partial charge is 0.254 e. The van der Waals surface area contributed by atoms with Crippen molar-refractivity contribution in [3.8, 4) is 0 Å². The lowest BCUT2D eigenvalue weighted by atomic mass is 9.72. The molecule has 6 rings (SSSR count). The summed E-state index contributed by atoms with van der Waals surface area (Å²) < 4.78 is 19.2. The van der Waals surface area contributed by atoms with Gasteiger partial charge in [-0.1, -0.05) is 30.0 Å². The van der Waals surface area contributed by atoms with Gasteiger partial charge in [-0.2, -0.15) is 0 Å². The Morgan fingerprint density at radius 3 is 2.74 bits per heavy atom. The lowest BCUT2D eigenvalue weighted by molar-refractivity contribution is -0.139. The van der Waals surface area contributed by atoms with Crippen LogP contribution in [0.1, 0.15) is 22.8 Å². The van der Waals surface area contributed by atoms with E-state index in [0.717, 1.165) is 5.56 Å². The Labute approximate surface area is 210 Å². The van der Waals surface area contributed by atoms with Gasteiger partial charge in [0.15, 0.2) is 5.54 Å². The van der Waals surface area contributed by atoms with Crippen LogP contribution < -0.4 is 4.90 Å². The molecule has 3 aliphatic heterocycles. The molecular weight excluding hydrogens is 487 g/mol. The van der Waals surface area contributed by atoms with E-state index in [2.05, 4.69) is 4.98 Å². The summed E-state index contributed by atoms with van der Waals surface area (Å²) in [5.74, 6) is -0.885. The Hall–Kier alpha value is -3.08. The second-order valence-electron chi connectivity index (χ2n) is 9.03. The number of thiocarbonyl (C=S) groups is 1. The first-order chi connectivity index (χ1) is 16.8. The maximum Gasteiger partial charge on any atom is 0.254 e. The minimum absolute atomic E-state index is 0.152. The number of halogens is 1. The molecule has 3 aromatic rings. The standard InChI is InChI=1S/C25H21FN4O3S2/c1-28-14-19(15-5-3-9-27-12-15)25(22(32)30(23(34)35-25)13-17-6-4-10-33-17)24(28)18-11-16(26)7-8-20(18)29(2)21(24)31/h3-12,19H,13-14H2,1-2H3/t19-,24-,25+/m1/s1. The van der Waals surface area contributed by atoms with E-state index in [1.807, 2.05) is 24.1 Å². The molecule has 178 valence electrons. The number of carbonyl (C=O) groups is 2. The van der Waals surface area contributed by atoms with Gasteiger partial charge in [-0.05, 0) is 49.0 Å². The zero-order valence-corrected chi connectivity index (χ0v) is 20.6. The van der Waals surface area contributed by atoms with Gasteiger partial charge in [0.25, 0.3) is 5.91 Å². The predicted octanol–water partition coefficient (Wildman–Crippen LogP) is 3.51. The van der Waals surface area contributed by atoms with Gasteiger partial charge in [-0.3, -0.25) is 24.4 Å². The number of rotatable bonds is 3. The van der Waals surface area contributed by atoms with Crippen LogP contribution in [0.2, 0.25) is 0 Å². The Kier molecular flexibility index (Phi) is 4.93. The van der Waals surface area contributed by atoms with E-state index in [-0.39, 0.29) is 18.4 Å². The van der Waals surface area contributed by atoms with Crippen molar-refractivity contribution in [2.75, 3.05) is 25.5 Å². The van der Waals surface area contributed by atoms with Gasteiger partial charge < -0.3 is 9.32 Å². The van der Waals surface area contributed by atoms with E-state index < -0.39 is 22.0 Å². The molecule has 2 spiro atoms. The summed E-state index contributed by atoms with van der Waals surface area (Å²) in [5.41, 5.74) is 0.421. The zero-order chi connectivity index (χ0) is 24.5. The minimum atomic E-state index is -1.45. The van der Waals surface area contributed by atoms with Crippen LogP contribution in [-0.2, 0) is 21.7 Å². The van der Waals surface area contributed by atoms with Crippen LogP contribution in [0.25, 0.3) is 0 Å². The molecule has 3 aliphatic rings. The Morgan fingerprint density at radius 1 is 1.20 bits per heavy atom. The Bertz CT molecular complexity index is 1370. The number of furan rings is 1. The van der Waals surface area contributed by atoms with Crippen LogP contribution in [0, 0.1) is 5.82 Å². The third kappa shape index (κ3) is 2.75. The maximum atomic E-state index is 14.7. The van der Waals surface area contributed by atoms with E-state index in [1.54, 1.807) is 43.9 Å². The molecule has 1 aromatic carbocycles. The third-order valence-corrected chi connectivity index (χ3v) is 9.34. The lowest BCUT2D eigenvalue weighted by Gasteiger charge is -2.42. The van der Waals surface area contributed by atoms with E-state index in [1.165, 1.54) is 33.7 Å². The van der Waals surface area contributed by atoms with E-state index >= 15 is 0 Å². The topological polar surface area (TPSA) is 69.9 Å².